The fourth-order valence-corrected chi connectivity index (χ4v) is 5.05. The number of ether oxygens (including phenoxy) is 1. The van der Waals surface area contributed by atoms with Crippen molar-refractivity contribution in [1.29, 1.82) is 0 Å². The van der Waals surface area contributed by atoms with E-state index in [0.717, 1.165) is 19.3 Å². The van der Waals surface area contributed by atoms with Gasteiger partial charge in [0.05, 0.1) is 24.0 Å². The van der Waals surface area contributed by atoms with Crippen molar-refractivity contribution < 1.29 is 19.1 Å². The van der Waals surface area contributed by atoms with Gasteiger partial charge in [0.15, 0.2) is 0 Å². The molecule has 0 aromatic carbocycles. The molecule has 7 nitrogen and oxygen atoms in total. The number of hydrogen-bond acceptors (Lipinski definition) is 5. The van der Waals surface area contributed by atoms with Gasteiger partial charge in [-0.2, -0.15) is 0 Å². The zero-order valence-corrected chi connectivity index (χ0v) is 15.1. The zero-order chi connectivity index (χ0) is 18.1. The fourth-order valence-electron chi connectivity index (χ4n) is 5.05. The van der Waals surface area contributed by atoms with Crippen LogP contribution in [-0.4, -0.2) is 64.9 Å². The first-order valence-corrected chi connectivity index (χ1v) is 9.29. The summed E-state index contributed by atoms with van der Waals surface area (Å²) in [7, 11) is 0. The van der Waals surface area contributed by atoms with E-state index in [9.17, 15) is 14.4 Å². The lowest BCUT2D eigenvalue weighted by molar-refractivity contribution is -0.154. The summed E-state index contributed by atoms with van der Waals surface area (Å²) >= 11 is 0. The summed E-state index contributed by atoms with van der Waals surface area (Å²) in [6, 6.07) is -0.704. The van der Waals surface area contributed by atoms with E-state index in [2.05, 4.69) is 0 Å². The predicted octanol–water partition coefficient (Wildman–Crippen LogP) is 0.123. The van der Waals surface area contributed by atoms with Crippen molar-refractivity contribution in [1.82, 2.24) is 9.80 Å². The van der Waals surface area contributed by atoms with Crippen molar-refractivity contribution in [3.63, 3.8) is 0 Å². The van der Waals surface area contributed by atoms with E-state index in [-0.39, 0.29) is 53.2 Å². The molecule has 4 aliphatic rings. The number of nitrogens with zero attached hydrogens (tertiary/aromatic N) is 2. The van der Waals surface area contributed by atoms with Gasteiger partial charge in [-0.05, 0) is 31.6 Å². The number of piperidine rings is 1. The van der Waals surface area contributed by atoms with Crippen LogP contribution < -0.4 is 5.73 Å². The largest absolute Gasteiger partial charge is 0.373 e. The van der Waals surface area contributed by atoms with Crippen LogP contribution in [0.2, 0.25) is 0 Å². The van der Waals surface area contributed by atoms with Crippen molar-refractivity contribution >= 4 is 17.7 Å². The highest BCUT2D eigenvalue weighted by Gasteiger charge is 2.63. The summed E-state index contributed by atoms with van der Waals surface area (Å²) in [6.45, 7) is 6.89. The highest BCUT2D eigenvalue weighted by atomic mass is 16.5. The number of amides is 3. The Morgan fingerprint density at radius 3 is 2.24 bits per heavy atom. The minimum Gasteiger partial charge on any atom is -0.373 e. The Balaban J connectivity index is 1.51. The summed E-state index contributed by atoms with van der Waals surface area (Å²) < 4.78 is 5.75. The van der Waals surface area contributed by atoms with E-state index in [1.54, 1.807) is 11.8 Å². The second-order valence-electron chi connectivity index (χ2n) is 8.71. The van der Waals surface area contributed by atoms with E-state index >= 15 is 0 Å². The second kappa shape index (κ2) is 5.51. The maximum absolute atomic E-state index is 13.0. The zero-order valence-electron chi connectivity index (χ0n) is 15.1. The SMILES string of the molecule is CC(C(=O)N1CCC(N)C(C)(C)C1)N1C(=O)C2C3CCC(O3)C2C1=O. The van der Waals surface area contributed by atoms with Crippen molar-refractivity contribution in [2.45, 2.75) is 64.3 Å². The van der Waals surface area contributed by atoms with E-state index in [4.69, 9.17) is 10.5 Å². The maximum atomic E-state index is 13.0. The Morgan fingerprint density at radius 1 is 1.16 bits per heavy atom. The molecule has 2 N–H and O–H groups in total. The van der Waals surface area contributed by atoms with Crippen LogP contribution in [0.4, 0.5) is 0 Å². The van der Waals surface area contributed by atoms with Gasteiger partial charge in [-0.3, -0.25) is 19.3 Å². The fraction of sp³-hybridized carbons (Fsp3) is 0.833. The molecule has 6 unspecified atom stereocenters. The van der Waals surface area contributed by atoms with Gasteiger partial charge >= 0.3 is 0 Å². The molecule has 4 saturated heterocycles. The van der Waals surface area contributed by atoms with Crippen LogP contribution in [-0.2, 0) is 19.1 Å². The quantitative estimate of drug-likeness (QED) is 0.715. The third-order valence-electron chi connectivity index (χ3n) is 6.69. The number of nitrogens with two attached hydrogens (primary N) is 1. The van der Waals surface area contributed by atoms with E-state index < -0.39 is 6.04 Å². The van der Waals surface area contributed by atoms with Gasteiger partial charge in [-0.1, -0.05) is 13.8 Å². The van der Waals surface area contributed by atoms with Gasteiger partial charge in [0.1, 0.15) is 6.04 Å². The molecule has 138 valence electrons. The highest BCUT2D eigenvalue weighted by molar-refractivity contribution is 6.09. The second-order valence-corrected chi connectivity index (χ2v) is 8.71. The average Bonchev–Trinajstić information content (AvgIpc) is 3.23. The Bertz CT molecular complexity index is 606. The standard InChI is InChI=1S/C18H27N3O4/c1-9(15(22)20-7-6-12(19)18(2,3)8-20)21-16(23)13-10-4-5-11(25-10)14(13)17(21)24/h9-14H,4-8,19H2,1-3H3. The molecular weight excluding hydrogens is 322 g/mol. The number of hydrogen-bond donors (Lipinski definition) is 1. The van der Waals surface area contributed by atoms with Crippen molar-refractivity contribution in [2.75, 3.05) is 13.1 Å². The van der Waals surface area contributed by atoms with Crippen molar-refractivity contribution in [3.8, 4) is 0 Å². The monoisotopic (exact) mass is 349 g/mol. The molecule has 6 atom stereocenters. The summed E-state index contributed by atoms with van der Waals surface area (Å²) in [5.41, 5.74) is 5.98. The lowest BCUT2D eigenvalue weighted by Gasteiger charge is -2.43. The molecule has 0 aromatic heterocycles. The number of likely N-dealkylation sites (tertiary alicyclic amines) is 2. The summed E-state index contributed by atoms with van der Waals surface area (Å²) in [5.74, 6) is -1.37. The summed E-state index contributed by atoms with van der Waals surface area (Å²) in [5, 5.41) is 0. The first kappa shape index (κ1) is 17.0. The van der Waals surface area contributed by atoms with Crippen LogP contribution in [0.25, 0.3) is 0 Å². The number of carbonyl (C=O) groups excluding carboxylic acids is 3. The van der Waals surface area contributed by atoms with Crippen molar-refractivity contribution in [3.05, 3.63) is 0 Å². The van der Waals surface area contributed by atoms with Crippen LogP contribution in [0.5, 0.6) is 0 Å². The molecule has 3 amide bonds. The van der Waals surface area contributed by atoms with Gasteiger partial charge < -0.3 is 15.4 Å². The molecule has 4 heterocycles. The first-order chi connectivity index (χ1) is 11.7. The molecule has 0 radical (unpaired) electrons. The first-order valence-electron chi connectivity index (χ1n) is 9.29. The maximum Gasteiger partial charge on any atom is 0.245 e. The van der Waals surface area contributed by atoms with Gasteiger partial charge in [-0.25, -0.2) is 0 Å². The van der Waals surface area contributed by atoms with Gasteiger partial charge in [0.25, 0.3) is 0 Å². The van der Waals surface area contributed by atoms with Crippen LogP contribution in [0.1, 0.15) is 40.0 Å². The topological polar surface area (TPSA) is 92.9 Å². The predicted molar refractivity (Wildman–Crippen MR) is 89.1 cm³/mol. The van der Waals surface area contributed by atoms with Crippen LogP contribution in [0, 0.1) is 17.3 Å². The number of rotatable bonds is 2. The summed E-state index contributed by atoms with van der Waals surface area (Å²) in [6.07, 6.45) is 2.10. The van der Waals surface area contributed by atoms with Crippen LogP contribution in [0.3, 0.4) is 0 Å². The Labute approximate surface area is 147 Å². The molecule has 4 fully saturated rings. The lowest BCUT2D eigenvalue weighted by atomic mass is 9.79. The Hall–Kier alpha value is -1.47. The molecule has 2 bridgehead atoms. The normalized spacial score (nSPS) is 40.6. The lowest BCUT2D eigenvalue weighted by Crippen LogP contribution is -2.58. The van der Waals surface area contributed by atoms with Gasteiger partial charge in [-0.15, -0.1) is 0 Å². The Morgan fingerprint density at radius 2 is 1.72 bits per heavy atom. The van der Waals surface area contributed by atoms with Crippen LogP contribution >= 0.6 is 0 Å². The van der Waals surface area contributed by atoms with E-state index in [0.29, 0.717) is 13.1 Å². The summed E-state index contributed by atoms with van der Waals surface area (Å²) in [4.78, 5) is 41.6. The molecule has 4 aliphatic heterocycles. The molecule has 0 spiro atoms. The van der Waals surface area contributed by atoms with E-state index in [1.165, 1.54) is 4.90 Å². The Kier molecular flexibility index (Phi) is 3.74. The molecule has 7 heteroatoms. The minimum absolute atomic E-state index is 0.0500. The molecule has 0 aliphatic carbocycles. The smallest absolute Gasteiger partial charge is 0.245 e. The molecular formula is C18H27N3O4. The van der Waals surface area contributed by atoms with Crippen LogP contribution in [0.15, 0.2) is 0 Å². The molecule has 4 rings (SSSR count). The van der Waals surface area contributed by atoms with Gasteiger partial charge in [0, 0.05) is 19.1 Å². The third kappa shape index (κ3) is 2.35. The highest BCUT2D eigenvalue weighted by Crippen LogP contribution is 2.49. The minimum atomic E-state index is -0.755. The molecule has 0 aromatic rings. The number of fused-ring (bicyclic) bond motifs is 5. The van der Waals surface area contributed by atoms with E-state index in [1.807, 2.05) is 13.8 Å². The molecule has 25 heavy (non-hydrogen) atoms. The number of imide groups is 1. The van der Waals surface area contributed by atoms with Gasteiger partial charge in [0.2, 0.25) is 17.7 Å². The third-order valence-corrected chi connectivity index (χ3v) is 6.69. The number of carbonyl (C=O) groups is 3. The molecule has 0 saturated carbocycles. The average molecular weight is 349 g/mol. The van der Waals surface area contributed by atoms with Crippen molar-refractivity contribution in [2.24, 2.45) is 23.0 Å².